The Morgan fingerprint density at radius 1 is 1.06 bits per heavy atom. The zero-order valence-corrected chi connectivity index (χ0v) is 19.0. The van der Waals surface area contributed by atoms with Crippen molar-refractivity contribution in [3.63, 3.8) is 0 Å². The van der Waals surface area contributed by atoms with Crippen LogP contribution in [0.15, 0.2) is 60.9 Å². The standard InChI is InChI=1S/C26H32N4O2/c1-26(2,28-24(31)19-20-8-4-3-5-9-20)25(32)29-15-7-10-21(13-16-29)18-22-11-6-12-23-27-14-17-30(22)23/h3-6,8-9,11-12,14,17,21H,7,10,13,15-16,18-19H2,1-2H3,(H,28,31)/t21-/m0/s1. The van der Waals surface area contributed by atoms with Crippen molar-refractivity contribution in [2.24, 2.45) is 5.92 Å². The van der Waals surface area contributed by atoms with Gasteiger partial charge >= 0.3 is 0 Å². The predicted molar refractivity (Wildman–Crippen MR) is 125 cm³/mol. The number of nitrogens with zero attached hydrogens (tertiary/aromatic N) is 3. The van der Waals surface area contributed by atoms with Gasteiger partial charge in [-0.1, -0.05) is 36.4 Å². The maximum atomic E-state index is 13.3. The molecule has 1 N–H and O–H groups in total. The van der Waals surface area contributed by atoms with Crippen molar-refractivity contribution in [3.05, 3.63) is 72.2 Å². The van der Waals surface area contributed by atoms with Crippen molar-refractivity contribution < 1.29 is 9.59 Å². The number of amides is 2. The predicted octanol–water partition coefficient (Wildman–Crippen LogP) is 3.64. The van der Waals surface area contributed by atoms with Gasteiger partial charge in [-0.05, 0) is 63.1 Å². The van der Waals surface area contributed by atoms with E-state index < -0.39 is 5.54 Å². The van der Waals surface area contributed by atoms with E-state index in [9.17, 15) is 9.59 Å². The first-order chi connectivity index (χ1) is 15.4. The molecular weight excluding hydrogens is 400 g/mol. The SMILES string of the molecule is CC(C)(NC(=O)Cc1ccccc1)C(=O)N1CCC[C@H](Cc2cccc3nccn23)CC1. The highest BCUT2D eigenvalue weighted by Crippen LogP contribution is 2.24. The first kappa shape index (κ1) is 22.1. The minimum Gasteiger partial charge on any atom is -0.342 e. The number of likely N-dealkylation sites (tertiary alicyclic amines) is 1. The molecule has 6 nitrogen and oxygen atoms in total. The maximum Gasteiger partial charge on any atom is 0.247 e. The number of nitrogens with one attached hydrogen (secondary N) is 1. The fourth-order valence-corrected chi connectivity index (χ4v) is 4.66. The maximum absolute atomic E-state index is 13.3. The van der Waals surface area contributed by atoms with Gasteiger partial charge in [-0.3, -0.25) is 9.59 Å². The van der Waals surface area contributed by atoms with Crippen molar-refractivity contribution in [1.82, 2.24) is 19.6 Å². The summed E-state index contributed by atoms with van der Waals surface area (Å²) in [4.78, 5) is 32.1. The minimum atomic E-state index is -0.923. The number of aromatic nitrogens is 2. The van der Waals surface area contributed by atoms with Crippen LogP contribution in [-0.4, -0.2) is 44.7 Å². The number of pyridine rings is 1. The Morgan fingerprint density at radius 2 is 1.88 bits per heavy atom. The quantitative estimate of drug-likeness (QED) is 0.647. The van der Waals surface area contributed by atoms with E-state index in [1.165, 1.54) is 5.69 Å². The third-order valence-electron chi connectivity index (χ3n) is 6.34. The third-order valence-corrected chi connectivity index (χ3v) is 6.34. The summed E-state index contributed by atoms with van der Waals surface area (Å²) in [5.41, 5.74) is 2.26. The van der Waals surface area contributed by atoms with E-state index >= 15 is 0 Å². The molecule has 1 saturated heterocycles. The lowest BCUT2D eigenvalue weighted by atomic mass is 9.95. The van der Waals surface area contributed by atoms with Crippen molar-refractivity contribution in [1.29, 1.82) is 0 Å². The number of carbonyl (C=O) groups is 2. The van der Waals surface area contributed by atoms with Crippen LogP contribution in [-0.2, 0) is 22.4 Å². The highest BCUT2D eigenvalue weighted by molar-refractivity contribution is 5.91. The molecule has 3 aromatic rings. The minimum absolute atomic E-state index is 0.00345. The molecule has 1 aliphatic heterocycles. The van der Waals surface area contributed by atoms with Crippen LogP contribution in [0.2, 0.25) is 0 Å². The molecule has 0 aliphatic carbocycles. The van der Waals surface area contributed by atoms with Gasteiger partial charge in [0.05, 0.1) is 6.42 Å². The first-order valence-electron chi connectivity index (χ1n) is 11.5. The fourth-order valence-electron chi connectivity index (χ4n) is 4.66. The molecule has 2 amide bonds. The van der Waals surface area contributed by atoms with E-state index in [4.69, 9.17) is 0 Å². The highest BCUT2D eigenvalue weighted by Gasteiger charge is 2.34. The lowest BCUT2D eigenvalue weighted by molar-refractivity contribution is -0.140. The molecule has 4 rings (SSSR count). The zero-order valence-electron chi connectivity index (χ0n) is 19.0. The van der Waals surface area contributed by atoms with Crippen molar-refractivity contribution in [2.75, 3.05) is 13.1 Å². The first-order valence-corrected chi connectivity index (χ1v) is 11.5. The van der Waals surface area contributed by atoms with Crippen LogP contribution in [0.3, 0.4) is 0 Å². The summed E-state index contributed by atoms with van der Waals surface area (Å²) < 4.78 is 2.15. The molecule has 0 spiro atoms. The number of carbonyl (C=O) groups excluding carboxylic acids is 2. The number of benzene rings is 1. The summed E-state index contributed by atoms with van der Waals surface area (Å²) in [7, 11) is 0. The summed E-state index contributed by atoms with van der Waals surface area (Å²) in [6, 6.07) is 15.8. The van der Waals surface area contributed by atoms with Gasteiger partial charge < -0.3 is 14.6 Å². The average Bonchev–Trinajstić information content (AvgIpc) is 3.14. The van der Waals surface area contributed by atoms with Crippen LogP contribution in [0.4, 0.5) is 0 Å². The number of hydrogen-bond acceptors (Lipinski definition) is 3. The summed E-state index contributed by atoms with van der Waals surface area (Å²) in [5.74, 6) is 0.392. The Kier molecular flexibility index (Phi) is 6.58. The monoisotopic (exact) mass is 432 g/mol. The number of imidazole rings is 1. The number of fused-ring (bicyclic) bond motifs is 1. The van der Waals surface area contributed by atoms with Crippen LogP contribution in [0.5, 0.6) is 0 Å². The molecule has 1 aromatic carbocycles. The van der Waals surface area contributed by atoms with Gasteiger partial charge in [-0.2, -0.15) is 0 Å². The second kappa shape index (κ2) is 9.55. The van der Waals surface area contributed by atoms with Crippen molar-refractivity contribution in [2.45, 2.75) is 51.5 Å². The molecule has 2 aromatic heterocycles. The summed E-state index contributed by atoms with van der Waals surface area (Å²) in [5, 5.41) is 2.95. The third kappa shape index (κ3) is 5.18. The van der Waals surface area contributed by atoms with Crippen molar-refractivity contribution >= 4 is 17.5 Å². The molecule has 6 heteroatoms. The molecule has 32 heavy (non-hydrogen) atoms. The molecule has 1 fully saturated rings. The van der Waals surface area contributed by atoms with Crippen LogP contribution in [0.1, 0.15) is 44.4 Å². The van der Waals surface area contributed by atoms with Gasteiger partial charge in [0.2, 0.25) is 11.8 Å². The van der Waals surface area contributed by atoms with E-state index in [0.29, 0.717) is 5.92 Å². The molecule has 1 aliphatic rings. The van der Waals surface area contributed by atoms with Gasteiger partial charge in [-0.25, -0.2) is 4.98 Å². The lowest BCUT2D eigenvalue weighted by Crippen LogP contribution is -2.56. The molecular formula is C26H32N4O2. The molecule has 0 unspecified atom stereocenters. The zero-order chi connectivity index (χ0) is 22.6. The van der Waals surface area contributed by atoms with Crippen LogP contribution in [0.25, 0.3) is 5.65 Å². The van der Waals surface area contributed by atoms with Crippen LogP contribution < -0.4 is 5.32 Å². The van der Waals surface area contributed by atoms with Gasteiger partial charge in [0.25, 0.3) is 0 Å². The van der Waals surface area contributed by atoms with E-state index in [1.54, 1.807) is 13.8 Å². The normalized spacial score (nSPS) is 17.2. The highest BCUT2D eigenvalue weighted by atomic mass is 16.2. The van der Waals surface area contributed by atoms with Gasteiger partial charge in [0.1, 0.15) is 11.2 Å². The molecule has 168 valence electrons. The Morgan fingerprint density at radius 3 is 2.69 bits per heavy atom. The van der Waals surface area contributed by atoms with E-state index in [-0.39, 0.29) is 18.2 Å². The molecule has 0 bridgehead atoms. The van der Waals surface area contributed by atoms with Gasteiger partial charge in [0.15, 0.2) is 0 Å². The summed E-state index contributed by atoms with van der Waals surface area (Å²) >= 11 is 0. The molecule has 1 atom stereocenters. The summed E-state index contributed by atoms with van der Waals surface area (Å²) in [6.07, 6.45) is 8.13. The fraction of sp³-hybridized carbons (Fsp3) is 0.423. The Balaban J connectivity index is 1.34. The lowest BCUT2D eigenvalue weighted by Gasteiger charge is -2.32. The average molecular weight is 433 g/mol. The Labute approximate surface area is 189 Å². The van der Waals surface area contributed by atoms with E-state index in [1.807, 2.05) is 53.7 Å². The molecule has 3 heterocycles. The Bertz CT molecular complexity index is 1070. The number of rotatable bonds is 6. The molecule has 0 saturated carbocycles. The topological polar surface area (TPSA) is 66.7 Å². The number of hydrogen-bond donors (Lipinski definition) is 1. The van der Waals surface area contributed by atoms with Crippen molar-refractivity contribution in [3.8, 4) is 0 Å². The second-order valence-electron chi connectivity index (χ2n) is 9.30. The summed E-state index contributed by atoms with van der Waals surface area (Å²) in [6.45, 7) is 5.07. The smallest absolute Gasteiger partial charge is 0.247 e. The van der Waals surface area contributed by atoms with Gasteiger partial charge in [0, 0.05) is 31.2 Å². The van der Waals surface area contributed by atoms with Crippen LogP contribution >= 0.6 is 0 Å². The van der Waals surface area contributed by atoms with Gasteiger partial charge in [-0.15, -0.1) is 0 Å². The Hall–Kier alpha value is -3.15. The van der Waals surface area contributed by atoms with Crippen LogP contribution in [0, 0.1) is 5.92 Å². The molecule has 0 radical (unpaired) electrons. The van der Waals surface area contributed by atoms with E-state index in [2.05, 4.69) is 26.8 Å². The van der Waals surface area contributed by atoms with E-state index in [0.717, 1.165) is 50.0 Å². The second-order valence-corrected chi connectivity index (χ2v) is 9.30. The largest absolute Gasteiger partial charge is 0.342 e.